The Labute approximate surface area is 139 Å². The number of hydrogen-bond acceptors (Lipinski definition) is 0. The van der Waals surface area contributed by atoms with E-state index in [-0.39, 0.29) is 0 Å². The van der Waals surface area contributed by atoms with Crippen molar-refractivity contribution in [2.75, 3.05) is 0 Å². The minimum atomic E-state index is 0.656. The van der Waals surface area contributed by atoms with E-state index in [1.807, 2.05) is 6.07 Å². The number of hydrogen-bond donors (Lipinski definition) is 0. The van der Waals surface area contributed by atoms with Crippen LogP contribution in [0.2, 0.25) is 0 Å². The van der Waals surface area contributed by atoms with E-state index in [0.29, 0.717) is 5.92 Å². The molecular formula is C23H22. The molecule has 2 aromatic rings. The molecule has 1 saturated carbocycles. The van der Waals surface area contributed by atoms with Crippen LogP contribution < -0.4 is 0 Å². The molecule has 0 aromatic heterocycles. The molecule has 1 aliphatic rings. The second kappa shape index (κ2) is 7.21. The number of terminal acetylenes is 1. The van der Waals surface area contributed by atoms with Crippen molar-refractivity contribution in [3.8, 4) is 24.2 Å². The lowest BCUT2D eigenvalue weighted by molar-refractivity contribution is 0.795. The van der Waals surface area contributed by atoms with Crippen molar-refractivity contribution in [2.45, 2.75) is 44.9 Å². The summed E-state index contributed by atoms with van der Waals surface area (Å²) in [7, 11) is 0. The van der Waals surface area contributed by atoms with Crippen LogP contribution in [0.25, 0.3) is 0 Å². The number of aryl methyl sites for hydroxylation is 1. The van der Waals surface area contributed by atoms with Gasteiger partial charge >= 0.3 is 0 Å². The van der Waals surface area contributed by atoms with E-state index >= 15 is 0 Å². The zero-order valence-electron chi connectivity index (χ0n) is 13.7. The highest BCUT2D eigenvalue weighted by Crippen LogP contribution is 2.41. The van der Waals surface area contributed by atoms with Crippen LogP contribution in [0.5, 0.6) is 0 Å². The molecule has 0 spiro atoms. The largest absolute Gasteiger partial charge is 0.115 e. The van der Waals surface area contributed by atoms with Crippen LogP contribution in [0.3, 0.4) is 0 Å². The van der Waals surface area contributed by atoms with E-state index in [9.17, 15) is 0 Å². The molecule has 0 N–H and O–H groups in total. The lowest BCUT2D eigenvalue weighted by atomic mass is 10.00. The van der Waals surface area contributed by atoms with Crippen LogP contribution in [0, 0.1) is 24.2 Å². The molecule has 0 heterocycles. The van der Waals surface area contributed by atoms with Crippen molar-refractivity contribution in [2.24, 2.45) is 0 Å². The third-order valence-corrected chi connectivity index (χ3v) is 4.35. The van der Waals surface area contributed by atoms with E-state index in [4.69, 9.17) is 6.42 Å². The first-order valence-electron chi connectivity index (χ1n) is 8.51. The minimum absolute atomic E-state index is 0.656. The standard InChI is InChI=1S/C23H22/c1-3-5-6-19-7-9-20(10-8-19)12-14-21-13-11-18(4-2)17-23(21)22-15-16-22/h2,7-11,13,17,22H,3,5-6,15-16H2,1H3. The topological polar surface area (TPSA) is 0 Å². The van der Waals surface area contributed by atoms with Crippen LogP contribution >= 0.6 is 0 Å². The Bertz CT molecular complexity index is 772. The van der Waals surface area contributed by atoms with Crippen LogP contribution in [0.1, 0.15) is 66.3 Å². The number of rotatable bonds is 4. The van der Waals surface area contributed by atoms with E-state index < -0.39 is 0 Å². The van der Waals surface area contributed by atoms with Gasteiger partial charge in [0.05, 0.1) is 0 Å². The highest BCUT2D eigenvalue weighted by molar-refractivity contribution is 5.52. The summed E-state index contributed by atoms with van der Waals surface area (Å²) >= 11 is 0. The van der Waals surface area contributed by atoms with Crippen LogP contribution in [-0.4, -0.2) is 0 Å². The maximum atomic E-state index is 5.52. The average Bonchev–Trinajstić information content (AvgIpc) is 3.44. The van der Waals surface area contributed by atoms with E-state index in [1.54, 1.807) is 0 Å². The van der Waals surface area contributed by atoms with Gasteiger partial charge < -0.3 is 0 Å². The second-order valence-corrected chi connectivity index (χ2v) is 6.27. The Hall–Kier alpha value is -2.44. The fourth-order valence-electron chi connectivity index (χ4n) is 2.77. The van der Waals surface area contributed by atoms with Gasteiger partial charge in [0, 0.05) is 16.7 Å². The van der Waals surface area contributed by atoms with Gasteiger partial charge in [-0.25, -0.2) is 0 Å². The molecule has 0 amide bonds. The molecule has 0 bridgehead atoms. The Morgan fingerprint density at radius 2 is 1.74 bits per heavy atom. The van der Waals surface area contributed by atoms with Gasteiger partial charge in [0.1, 0.15) is 0 Å². The normalized spacial score (nSPS) is 13.0. The fraction of sp³-hybridized carbons (Fsp3) is 0.304. The number of benzene rings is 2. The van der Waals surface area contributed by atoms with Gasteiger partial charge in [0.25, 0.3) is 0 Å². The monoisotopic (exact) mass is 298 g/mol. The minimum Gasteiger partial charge on any atom is -0.115 e. The van der Waals surface area contributed by atoms with E-state index in [0.717, 1.165) is 23.1 Å². The molecule has 0 nitrogen and oxygen atoms in total. The molecule has 0 aliphatic heterocycles. The molecule has 0 radical (unpaired) electrons. The highest BCUT2D eigenvalue weighted by atomic mass is 14.3. The summed E-state index contributed by atoms with van der Waals surface area (Å²) in [5.41, 5.74) is 5.88. The molecule has 0 unspecified atom stereocenters. The predicted octanol–water partition coefficient (Wildman–Crippen LogP) is 5.29. The first-order chi connectivity index (χ1) is 11.3. The summed E-state index contributed by atoms with van der Waals surface area (Å²) in [5.74, 6) is 10.0. The molecule has 1 fully saturated rings. The van der Waals surface area contributed by atoms with Crippen molar-refractivity contribution in [3.05, 3.63) is 70.3 Å². The zero-order chi connectivity index (χ0) is 16.1. The summed E-state index contributed by atoms with van der Waals surface area (Å²) in [6, 6.07) is 14.9. The lowest BCUT2D eigenvalue weighted by Crippen LogP contribution is -1.89. The van der Waals surface area contributed by atoms with Crippen molar-refractivity contribution < 1.29 is 0 Å². The maximum Gasteiger partial charge on any atom is 0.0284 e. The average molecular weight is 298 g/mol. The first kappa shape index (κ1) is 15.5. The molecule has 2 aromatic carbocycles. The summed E-state index contributed by atoms with van der Waals surface area (Å²) in [6.45, 7) is 2.22. The van der Waals surface area contributed by atoms with Gasteiger partial charge in [0.2, 0.25) is 0 Å². The van der Waals surface area contributed by atoms with Gasteiger partial charge in [-0.05, 0) is 73.1 Å². The zero-order valence-corrected chi connectivity index (χ0v) is 13.7. The third kappa shape index (κ3) is 4.06. The highest BCUT2D eigenvalue weighted by Gasteiger charge is 2.25. The molecule has 114 valence electrons. The van der Waals surface area contributed by atoms with Crippen LogP contribution in [0.4, 0.5) is 0 Å². The van der Waals surface area contributed by atoms with E-state index in [1.165, 1.54) is 36.8 Å². The molecular weight excluding hydrogens is 276 g/mol. The van der Waals surface area contributed by atoms with Gasteiger partial charge in [-0.2, -0.15) is 0 Å². The molecule has 0 atom stereocenters. The van der Waals surface area contributed by atoms with Crippen LogP contribution in [0.15, 0.2) is 42.5 Å². The maximum absolute atomic E-state index is 5.52. The molecule has 3 rings (SSSR count). The summed E-state index contributed by atoms with van der Waals surface area (Å²) in [4.78, 5) is 0. The molecule has 0 heteroatoms. The molecule has 0 saturated heterocycles. The van der Waals surface area contributed by atoms with Gasteiger partial charge in [-0.3, -0.25) is 0 Å². The Morgan fingerprint density at radius 3 is 2.39 bits per heavy atom. The smallest absolute Gasteiger partial charge is 0.0284 e. The SMILES string of the molecule is C#Cc1ccc(C#Cc2ccc(CCCC)cc2)c(C2CC2)c1. The van der Waals surface area contributed by atoms with E-state index in [2.05, 4.69) is 61.1 Å². The predicted molar refractivity (Wildman–Crippen MR) is 97.4 cm³/mol. The fourth-order valence-corrected chi connectivity index (χ4v) is 2.77. The van der Waals surface area contributed by atoms with Gasteiger partial charge in [0.15, 0.2) is 0 Å². The van der Waals surface area contributed by atoms with Gasteiger partial charge in [-0.1, -0.05) is 43.2 Å². The summed E-state index contributed by atoms with van der Waals surface area (Å²) in [6.07, 6.45) is 11.7. The third-order valence-electron chi connectivity index (χ3n) is 4.35. The van der Waals surface area contributed by atoms with Crippen molar-refractivity contribution >= 4 is 0 Å². The van der Waals surface area contributed by atoms with Gasteiger partial charge in [-0.15, -0.1) is 6.42 Å². The Balaban J connectivity index is 1.80. The first-order valence-corrected chi connectivity index (χ1v) is 8.51. The second-order valence-electron chi connectivity index (χ2n) is 6.27. The van der Waals surface area contributed by atoms with Crippen molar-refractivity contribution in [1.29, 1.82) is 0 Å². The molecule has 23 heavy (non-hydrogen) atoms. The number of unbranched alkanes of at least 4 members (excludes halogenated alkanes) is 1. The summed E-state index contributed by atoms with van der Waals surface area (Å²) < 4.78 is 0. The van der Waals surface area contributed by atoms with Crippen molar-refractivity contribution in [1.82, 2.24) is 0 Å². The van der Waals surface area contributed by atoms with Crippen LogP contribution in [-0.2, 0) is 6.42 Å². The summed E-state index contributed by atoms with van der Waals surface area (Å²) in [5, 5.41) is 0. The quantitative estimate of drug-likeness (QED) is 0.673. The Morgan fingerprint density at radius 1 is 1.00 bits per heavy atom. The molecule has 1 aliphatic carbocycles. The van der Waals surface area contributed by atoms with Crippen molar-refractivity contribution in [3.63, 3.8) is 0 Å². The lowest BCUT2D eigenvalue weighted by Gasteiger charge is -2.03. The Kier molecular flexibility index (Phi) is 4.85.